The summed E-state index contributed by atoms with van der Waals surface area (Å²) in [6.07, 6.45) is 0. The molecule has 2 amide bonds. The maximum atomic E-state index is 15.8. The van der Waals surface area contributed by atoms with Crippen LogP contribution in [0.25, 0.3) is 11.1 Å². The lowest BCUT2D eigenvalue weighted by Gasteiger charge is -2.39. The van der Waals surface area contributed by atoms with Gasteiger partial charge in [-0.25, -0.2) is 9.29 Å². The van der Waals surface area contributed by atoms with Crippen molar-refractivity contribution in [2.24, 2.45) is 11.8 Å². The Morgan fingerprint density at radius 2 is 0.841 bits per heavy atom. The van der Waals surface area contributed by atoms with Crippen molar-refractivity contribution in [2.45, 2.75) is 10.8 Å². The Hall–Kier alpha value is -5.42. The van der Waals surface area contributed by atoms with Gasteiger partial charge < -0.3 is 0 Å². The second kappa shape index (κ2) is 9.55. The quantitative estimate of drug-likeness (QED) is 0.212. The van der Waals surface area contributed by atoms with Crippen LogP contribution in [0.15, 0.2) is 146 Å². The molecule has 0 N–H and O–H groups in total. The van der Waals surface area contributed by atoms with Crippen LogP contribution in [-0.4, -0.2) is 17.6 Å². The Bertz CT molecular complexity index is 1850. The number of anilines is 1. The van der Waals surface area contributed by atoms with Gasteiger partial charge in [0.1, 0.15) is 5.82 Å². The van der Waals surface area contributed by atoms with E-state index in [1.807, 2.05) is 121 Å². The van der Waals surface area contributed by atoms with E-state index in [1.54, 1.807) is 0 Å². The van der Waals surface area contributed by atoms with Crippen molar-refractivity contribution in [3.8, 4) is 0 Å². The number of hydrogen-bond donors (Lipinski definition) is 0. The Labute approximate surface area is 254 Å². The zero-order valence-corrected chi connectivity index (χ0v) is 23.6. The molecular formula is C39H26FNO3. The highest BCUT2D eigenvalue weighted by Crippen LogP contribution is 2.74. The van der Waals surface area contributed by atoms with Gasteiger partial charge in [-0.1, -0.05) is 121 Å². The number of rotatable bonds is 5. The highest BCUT2D eigenvalue weighted by atomic mass is 19.1. The summed E-state index contributed by atoms with van der Waals surface area (Å²) in [5.41, 5.74) is 1.83. The second-order valence-corrected chi connectivity index (χ2v) is 11.6. The van der Waals surface area contributed by atoms with E-state index >= 15 is 4.79 Å². The van der Waals surface area contributed by atoms with Gasteiger partial charge in [0, 0.05) is 0 Å². The molecule has 44 heavy (non-hydrogen) atoms. The molecule has 1 saturated heterocycles. The Kier molecular flexibility index (Phi) is 5.69. The molecule has 1 saturated carbocycles. The van der Waals surface area contributed by atoms with Gasteiger partial charge >= 0.3 is 0 Å². The van der Waals surface area contributed by atoms with E-state index in [0.717, 1.165) is 22.3 Å². The van der Waals surface area contributed by atoms with Crippen LogP contribution in [0.4, 0.5) is 10.1 Å². The zero-order chi connectivity index (χ0) is 30.1. The van der Waals surface area contributed by atoms with Crippen LogP contribution >= 0.6 is 0 Å². The third-order valence-corrected chi connectivity index (χ3v) is 9.66. The van der Waals surface area contributed by atoms with Gasteiger partial charge in [-0.2, -0.15) is 0 Å². The summed E-state index contributed by atoms with van der Waals surface area (Å²) in [5.74, 6) is -3.58. The van der Waals surface area contributed by atoms with Crippen LogP contribution in [-0.2, 0) is 25.2 Å². The summed E-state index contributed by atoms with van der Waals surface area (Å²) in [6.45, 7) is 0. The number of fused-ring (bicyclic) bond motifs is 5. The number of benzene rings is 5. The number of Topliss-reactive ketones (excluding diaryl/α,β-unsaturated/α-hetero) is 1. The fourth-order valence-electron chi connectivity index (χ4n) is 8.18. The minimum absolute atomic E-state index is 0.171. The zero-order valence-electron chi connectivity index (χ0n) is 23.6. The minimum atomic E-state index is -1.46. The van der Waals surface area contributed by atoms with Crippen molar-refractivity contribution in [3.05, 3.63) is 174 Å². The number of carbonyl (C=O) groups is 3. The van der Waals surface area contributed by atoms with Gasteiger partial charge in [-0.15, -0.1) is 0 Å². The fraction of sp³-hybridized carbons (Fsp3) is 0.103. The molecule has 2 bridgehead atoms. The number of hydrogen-bond acceptors (Lipinski definition) is 3. The summed E-state index contributed by atoms with van der Waals surface area (Å²) >= 11 is 0. The maximum Gasteiger partial charge on any atom is 0.239 e. The lowest BCUT2D eigenvalue weighted by Crippen LogP contribution is -2.45. The molecule has 2 fully saturated rings. The molecule has 8 rings (SSSR count). The maximum absolute atomic E-state index is 15.8. The summed E-state index contributed by atoms with van der Waals surface area (Å²) in [4.78, 5) is 46.6. The number of halogens is 1. The predicted octanol–water partition coefficient (Wildman–Crippen LogP) is 7.01. The van der Waals surface area contributed by atoms with Gasteiger partial charge in [-0.3, -0.25) is 14.4 Å². The van der Waals surface area contributed by atoms with Gasteiger partial charge in [0.05, 0.1) is 28.4 Å². The number of amides is 2. The van der Waals surface area contributed by atoms with E-state index in [2.05, 4.69) is 0 Å². The summed E-state index contributed by atoms with van der Waals surface area (Å²) in [7, 11) is 0. The van der Waals surface area contributed by atoms with E-state index in [1.165, 1.54) is 29.2 Å². The van der Waals surface area contributed by atoms with Crippen LogP contribution in [0.2, 0.25) is 0 Å². The molecule has 0 aromatic heterocycles. The average molecular weight is 576 g/mol. The number of allylic oxidation sites excluding steroid dienone is 2. The first-order valence-electron chi connectivity index (χ1n) is 14.7. The van der Waals surface area contributed by atoms with Crippen LogP contribution < -0.4 is 4.90 Å². The molecule has 5 aromatic carbocycles. The van der Waals surface area contributed by atoms with E-state index in [4.69, 9.17) is 0 Å². The lowest BCUT2D eigenvalue weighted by molar-refractivity contribution is -0.130. The number of carbonyl (C=O) groups excluding carboxylic acids is 3. The van der Waals surface area contributed by atoms with Gasteiger partial charge in [0.15, 0.2) is 5.78 Å². The molecule has 1 heterocycles. The van der Waals surface area contributed by atoms with Crippen molar-refractivity contribution in [1.82, 2.24) is 0 Å². The predicted molar refractivity (Wildman–Crippen MR) is 167 cm³/mol. The first-order chi connectivity index (χ1) is 21.5. The standard InChI is InChI=1S/C39H26FNO3/c40-29-21-23-30(24-22-29)41-35(42)33-34(36(41)43)39(28-19-11-4-12-20-28)32(26-15-7-2-8-16-26)31(25-13-5-1-6-14-25)38(33,37(39)44)27-17-9-3-10-18-27/h1-24,33-34H/t33-,34-,38-,39-/m0/s1. The molecule has 0 radical (unpaired) electrons. The number of nitrogens with zero attached hydrogens (tertiary/aromatic N) is 1. The first-order valence-corrected chi connectivity index (χ1v) is 14.7. The highest BCUT2D eigenvalue weighted by molar-refractivity contribution is 6.39. The Morgan fingerprint density at radius 1 is 0.477 bits per heavy atom. The van der Waals surface area contributed by atoms with Crippen molar-refractivity contribution in [3.63, 3.8) is 0 Å². The van der Waals surface area contributed by atoms with Crippen molar-refractivity contribution in [1.29, 1.82) is 0 Å². The van der Waals surface area contributed by atoms with Crippen LogP contribution in [0, 0.1) is 17.7 Å². The van der Waals surface area contributed by atoms with Crippen molar-refractivity contribution >= 4 is 34.4 Å². The highest BCUT2D eigenvalue weighted by Gasteiger charge is 2.82. The number of imide groups is 1. The third kappa shape index (κ3) is 3.18. The van der Waals surface area contributed by atoms with E-state index in [0.29, 0.717) is 11.1 Å². The normalized spacial score (nSPS) is 25.6. The Balaban J connectivity index is 1.55. The molecule has 212 valence electrons. The van der Waals surface area contributed by atoms with Crippen molar-refractivity contribution < 1.29 is 18.8 Å². The van der Waals surface area contributed by atoms with E-state index < -0.39 is 40.3 Å². The second-order valence-electron chi connectivity index (χ2n) is 11.6. The molecule has 2 aliphatic carbocycles. The topological polar surface area (TPSA) is 54.5 Å². The molecular weight excluding hydrogens is 549 g/mol. The van der Waals surface area contributed by atoms with E-state index in [9.17, 15) is 14.0 Å². The molecule has 0 unspecified atom stereocenters. The first kappa shape index (κ1) is 26.2. The lowest BCUT2D eigenvalue weighted by atomic mass is 9.59. The van der Waals surface area contributed by atoms with Gasteiger partial charge in [0.2, 0.25) is 11.8 Å². The third-order valence-electron chi connectivity index (χ3n) is 9.66. The Morgan fingerprint density at radius 3 is 1.23 bits per heavy atom. The van der Waals surface area contributed by atoms with Crippen molar-refractivity contribution in [2.75, 3.05) is 4.90 Å². The average Bonchev–Trinajstić information content (AvgIpc) is 3.59. The minimum Gasteiger partial charge on any atom is -0.297 e. The molecule has 4 atom stereocenters. The molecule has 5 aromatic rings. The molecule has 1 aliphatic heterocycles. The fourth-order valence-corrected chi connectivity index (χ4v) is 8.18. The van der Waals surface area contributed by atoms with Gasteiger partial charge in [-0.05, 0) is 57.7 Å². The van der Waals surface area contributed by atoms with Crippen LogP contribution in [0.1, 0.15) is 22.3 Å². The monoisotopic (exact) mass is 575 g/mol. The summed E-state index contributed by atoms with van der Waals surface area (Å²) < 4.78 is 14.0. The van der Waals surface area contributed by atoms with E-state index in [-0.39, 0.29) is 11.5 Å². The summed E-state index contributed by atoms with van der Waals surface area (Å²) in [5, 5.41) is 0. The van der Waals surface area contributed by atoms with Crippen LogP contribution in [0.5, 0.6) is 0 Å². The molecule has 3 aliphatic rings. The molecule has 5 heteroatoms. The van der Waals surface area contributed by atoms with Gasteiger partial charge in [0.25, 0.3) is 0 Å². The summed E-state index contributed by atoms with van der Waals surface area (Å²) in [6, 6.07) is 43.7. The molecule has 0 spiro atoms. The SMILES string of the molecule is O=C1[C@@H]2[C@@H](C(=O)N1c1ccc(F)cc1)[C@@]1(c3ccccc3)C(=O)[C@@]2(c2ccccc2)C(c2ccccc2)=C1c1ccccc1. The smallest absolute Gasteiger partial charge is 0.239 e. The largest absolute Gasteiger partial charge is 0.297 e. The molecule has 4 nitrogen and oxygen atoms in total. The van der Waals surface area contributed by atoms with Crippen LogP contribution in [0.3, 0.4) is 0 Å². The number of ketones is 1.